The smallest absolute Gasteiger partial charge is 0.260 e. The molecule has 0 bridgehead atoms. The van der Waals surface area contributed by atoms with Gasteiger partial charge in [-0.05, 0) is 25.1 Å². The molecular weight excluding hydrogens is 234 g/mol. The Kier molecular flexibility index (Phi) is 3.47. The van der Waals surface area contributed by atoms with E-state index in [0.29, 0.717) is 28.7 Å². The van der Waals surface area contributed by atoms with Gasteiger partial charge in [-0.2, -0.15) is 4.98 Å². The molecule has 2 rings (SSSR count). The van der Waals surface area contributed by atoms with Gasteiger partial charge in [0.05, 0.1) is 12.7 Å². The van der Waals surface area contributed by atoms with E-state index < -0.39 is 0 Å². The lowest BCUT2D eigenvalue weighted by molar-refractivity contribution is 0.109. The van der Waals surface area contributed by atoms with E-state index in [-0.39, 0.29) is 6.10 Å². The molecule has 2 aromatic rings. The second-order valence-corrected chi connectivity index (χ2v) is 3.79. The topological polar surface area (TPSA) is 83.4 Å². The van der Waals surface area contributed by atoms with Gasteiger partial charge >= 0.3 is 0 Å². The number of nitrogen functional groups attached to an aromatic ring is 1. The molecule has 0 aliphatic heterocycles. The molecule has 6 nitrogen and oxygen atoms in total. The SMILES string of the molecule is COc1ccc(N)c(-c2nc(C(C)OC)no2)c1. The summed E-state index contributed by atoms with van der Waals surface area (Å²) in [4.78, 5) is 4.25. The molecule has 0 fully saturated rings. The van der Waals surface area contributed by atoms with Crippen molar-refractivity contribution < 1.29 is 14.0 Å². The number of aromatic nitrogens is 2. The normalized spacial score (nSPS) is 12.4. The molecule has 0 spiro atoms. The van der Waals surface area contributed by atoms with E-state index in [1.54, 1.807) is 32.4 Å². The fourth-order valence-electron chi connectivity index (χ4n) is 1.46. The van der Waals surface area contributed by atoms with Crippen LogP contribution in [0.5, 0.6) is 5.75 Å². The Morgan fingerprint density at radius 3 is 2.78 bits per heavy atom. The van der Waals surface area contributed by atoms with Gasteiger partial charge in [0, 0.05) is 12.8 Å². The maximum Gasteiger partial charge on any atom is 0.260 e. The maximum atomic E-state index is 5.88. The van der Waals surface area contributed by atoms with Crippen LogP contribution in [-0.4, -0.2) is 24.4 Å². The molecule has 1 heterocycles. The monoisotopic (exact) mass is 249 g/mol. The molecule has 0 aliphatic rings. The zero-order chi connectivity index (χ0) is 13.1. The number of benzene rings is 1. The van der Waals surface area contributed by atoms with Crippen molar-refractivity contribution in [2.45, 2.75) is 13.0 Å². The molecule has 0 saturated carbocycles. The average molecular weight is 249 g/mol. The quantitative estimate of drug-likeness (QED) is 0.835. The standard InChI is InChI=1S/C12H15N3O3/c1-7(16-2)11-14-12(18-15-11)9-6-8(17-3)4-5-10(9)13/h4-7H,13H2,1-3H3. The van der Waals surface area contributed by atoms with Gasteiger partial charge in [-0.3, -0.25) is 0 Å². The summed E-state index contributed by atoms with van der Waals surface area (Å²) >= 11 is 0. The molecule has 6 heteroatoms. The van der Waals surface area contributed by atoms with Crippen molar-refractivity contribution in [3.8, 4) is 17.2 Å². The second-order valence-electron chi connectivity index (χ2n) is 3.79. The van der Waals surface area contributed by atoms with Crippen LogP contribution in [0.15, 0.2) is 22.7 Å². The second kappa shape index (κ2) is 5.05. The minimum absolute atomic E-state index is 0.227. The highest BCUT2D eigenvalue weighted by atomic mass is 16.5. The lowest BCUT2D eigenvalue weighted by Gasteiger charge is -2.04. The highest BCUT2D eigenvalue weighted by molar-refractivity contribution is 5.72. The van der Waals surface area contributed by atoms with Crippen LogP contribution >= 0.6 is 0 Å². The van der Waals surface area contributed by atoms with E-state index in [1.165, 1.54) is 0 Å². The minimum atomic E-state index is -0.227. The Morgan fingerprint density at radius 1 is 1.33 bits per heavy atom. The number of anilines is 1. The summed E-state index contributed by atoms with van der Waals surface area (Å²) < 4.78 is 15.4. The molecule has 0 amide bonds. The highest BCUT2D eigenvalue weighted by Gasteiger charge is 2.16. The third-order valence-corrected chi connectivity index (χ3v) is 2.65. The summed E-state index contributed by atoms with van der Waals surface area (Å²) in [5.74, 6) is 1.51. The van der Waals surface area contributed by atoms with Gasteiger partial charge in [-0.1, -0.05) is 5.16 Å². The van der Waals surface area contributed by atoms with Crippen LogP contribution < -0.4 is 10.5 Å². The summed E-state index contributed by atoms with van der Waals surface area (Å²) in [6.07, 6.45) is -0.227. The molecule has 1 unspecified atom stereocenters. The van der Waals surface area contributed by atoms with Crippen molar-refractivity contribution >= 4 is 5.69 Å². The van der Waals surface area contributed by atoms with Crippen molar-refractivity contribution in [2.24, 2.45) is 0 Å². The van der Waals surface area contributed by atoms with E-state index in [9.17, 15) is 0 Å². The van der Waals surface area contributed by atoms with Crippen LogP contribution in [0.1, 0.15) is 18.9 Å². The van der Waals surface area contributed by atoms with E-state index in [0.717, 1.165) is 0 Å². The van der Waals surface area contributed by atoms with E-state index in [4.69, 9.17) is 19.7 Å². The van der Waals surface area contributed by atoms with E-state index in [2.05, 4.69) is 10.1 Å². The number of nitrogens with zero attached hydrogens (tertiary/aromatic N) is 2. The predicted molar refractivity (Wildman–Crippen MR) is 66.1 cm³/mol. The molecular formula is C12H15N3O3. The third kappa shape index (κ3) is 2.28. The molecule has 96 valence electrons. The predicted octanol–water partition coefficient (Wildman–Crippen LogP) is 2.03. The summed E-state index contributed by atoms with van der Waals surface area (Å²) in [5, 5.41) is 3.85. The van der Waals surface area contributed by atoms with Gasteiger partial charge in [0.15, 0.2) is 0 Å². The molecule has 18 heavy (non-hydrogen) atoms. The Balaban J connectivity index is 2.39. The van der Waals surface area contributed by atoms with Crippen molar-refractivity contribution in [1.29, 1.82) is 0 Å². The Labute approximate surface area is 105 Å². The van der Waals surface area contributed by atoms with E-state index >= 15 is 0 Å². The van der Waals surface area contributed by atoms with Crippen LogP contribution in [-0.2, 0) is 4.74 Å². The zero-order valence-corrected chi connectivity index (χ0v) is 10.5. The van der Waals surface area contributed by atoms with Crippen LogP contribution in [0.25, 0.3) is 11.5 Å². The minimum Gasteiger partial charge on any atom is -0.497 e. The highest BCUT2D eigenvalue weighted by Crippen LogP contribution is 2.29. The van der Waals surface area contributed by atoms with Crippen molar-refractivity contribution in [3.63, 3.8) is 0 Å². The average Bonchev–Trinajstić information content (AvgIpc) is 2.88. The first-order valence-electron chi connectivity index (χ1n) is 5.46. The van der Waals surface area contributed by atoms with Gasteiger partial charge < -0.3 is 19.7 Å². The number of rotatable bonds is 4. The Bertz CT molecular complexity index is 539. The van der Waals surface area contributed by atoms with Crippen LogP contribution in [0.2, 0.25) is 0 Å². The first kappa shape index (κ1) is 12.4. The summed E-state index contributed by atoms with van der Waals surface area (Å²) in [7, 11) is 3.17. The summed E-state index contributed by atoms with van der Waals surface area (Å²) in [6, 6.07) is 5.26. The van der Waals surface area contributed by atoms with Crippen LogP contribution in [0.3, 0.4) is 0 Å². The van der Waals surface area contributed by atoms with Crippen molar-refractivity contribution in [3.05, 3.63) is 24.0 Å². The van der Waals surface area contributed by atoms with Crippen LogP contribution in [0.4, 0.5) is 5.69 Å². The number of ether oxygens (including phenoxy) is 2. The molecule has 0 aliphatic carbocycles. The molecule has 0 saturated heterocycles. The fraction of sp³-hybridized carbons (Fsp3) is 0.333. The van der Waals surface area contributed by atoms with Crippen molar-refractivity contribution in [2.75, 3.05) is 20.0 Å². The number of nitrogens with two attached hydrogens (primary N) is 1. The van der Waals surface area contributed by atoms with Gasteiger partial charge in [0.2, 0.25) is 5.82 Å². The first-order valence-corrected chi connectivity index (χ1v) is 5.46. The number of methoxy groups -OCH3 is 2. The summed E-state index contributed by atoms with van der Waals surface area (Å²) in [5.41, 5.74) is 7.08. The summed E-state index contributed by atoms with van der Waals surface area (Å²) in [6.45, 7) is 1.84. The molecule has 1 aromatic heterocycles. The number of hydrogen-bond donors (Lipinski definition) is 1. The molecule has 2 N–H and O–H groups in total. The third-order valence-electron chi connectivity index (χ3n) is 2.65. The first-order chi connectivity index (χ1) is 8.65. The largest absolute Gasteiger partial charge is 0.497 e. The lowest BCUT2D eigenvalue weighted by Crippen LogP contribution is -1.98. The Hall–Kier alpha value is -2.08. The Morgan fingerprint density at radius 2 is 2.11 bits per heavy atom. The zero-order valence-electron chi connectivity index (χ0n) is 10.5. The van der Waals surface area contributed by atoms with Gasteiger partial charge in [0.25, 0.3) is 5.89 Å². The van der Waals surface area contributed by atoms with Gasteiger partial charge in [-0.15, -0.1) is 0 Å². The van der Waals surface area contributed by atoms with E-state index in [1.807, 2.05) is 6.92 Å². The molecule has 1 aromatic carbocycles. The van der Waals surface area contributed by atoms with Crippen LogP contribution in [0, 0.1) is 0 Å². The lowest BCUT2D eigenvalue weighted by atomic mass is 10.1. The fourth-order valence-corrected chi connectivity index (χ4v) is 1.46. The maximum absolute atomic E-state index is 5.88. The number of hydrogen-bond acceptors (Lipinski definition) is 6. The van der Waals surface area contributed by atoms with Gasteiger partial charge in [-0.25, -0.2) is 0 Å². The van der Waals surface area contributed by atoms with Crippen molar-refractivity contribution in [1.82, 2.24) is 10.1 Å². The molecule has 1 atom stereocenters. The molecule has 0 radical (unpaired) electrons. The van der Waals surface area contributed by atoms with Gasteiger partial charge in [0.1, 0.15) is 11.9 Å².